The van der Waals surface area contributed by atoms with E-state index in [1.165, 1.54) is 0 Å². The lowest BCUT2D eigenvalue weighted by molar-refractivity contribution is -0.200. The van der Waals surface area contributed by atoms with Crippen LogP contribution < -0.4 is 0 Å². The van der Waals surface area contributed by atoms with Crippen molar-refractivity contribution in [2.45, 2.75) is 31.1 Å². The van der Waals surface area contributed by atoms with Gasteiger partial charge in [0.05, 0.1) is 17.4 Å². The van der Waals surface area contributed by atoms with Crippen molar-refractivity contribution >= 4 is 5.91 Å². The number of rotatable bonds is 5. The predicted octanol–water partition coefficient (Wildman–Crippen LogP) is 0.920. The highest BCUT2D eigenvalue weighted by atomic mass is 16.5. The lowest BCUT2D eigenvalue weighted by Crippen LogP contribution is -2.65. The molecule has 1 aromatic heterocycles. The summed E-state index contributed by atoms with van der Waals surface area (Å²) >= 11 is 0. The molecule has 6 heteroatoms. The minimum Gasteiger partial charge on any atom is -0.372 e. The molecule has 0 radical (unpaired) electrons. The van der Waals surface area contributed by atoms with E-state index in [-0.39, 0.29) is 24.2 Å². The number of likely N-dealkylation sites (tertiary alicyclic amines) is 1. The third kappa shape index (κ3) is 4.07. The molecule has 0 bridgehead atoms. The van der Waals surface area contributed by atoms with Crippen LogP contribution in [0.1, 0.15) is 18.5 Å². The van der Waals surface area contributed by atoms with Gasteiger partial charge in [0.1, 0.15) is 6.61 Å². The van der Waals surface area contributed by atoms with Crippen LogP contribution in [0.2, 0.25) is 0 Å². The lowest BCUT2D eigenvalue weighted by atomic mass is 9.84. The third-order valence-electron chi connectivity index (χ3n) is 4.52. The van der Waals surface area contributed by atoms with Crippen molar-refractivity contribution in [2.24, 2.45) is 0 Å². The summed E-state index contributed by atoms with van der Waals surface area (Å²) in [7, 11) is 3.50. The molecule has 23 heavy (non-hydrogen) atoms. The molecule has 1 atom stereocenters. The Morgan fingerprint density at radius 2 is 2.30 bits per heavy atom. The van der Waals surface area contributed by atoms with Gasteiger partial charge in [0.2, 0.25) is 5.91 Å². The van der Waals surface area contributed by atoms with Gasteiger partial charge in [-0.2, -0.15) is 0 Å². The summed E-state index contributed by atoms with van der Waals surface area (Å²) in [6.45, 7) is 3.54. The first-order valence-electron chi connectivity index (χ1n) is 8.14. The molecule has 3 rings (SSSR count). The third-order valence-corrected chi connectivity index (χ3v) is 4.52. The predicted molar refractivity (Wildman–Crippen MR) is 85.9 cm³/mol. The summed E-state index contributed by atoms with van der Waals surface area (Å²) in [4.78, 5) is 19.9. The van der Waals surface area contributed by atoms with E-state index in [4.69, 9.17) is 9.47 Å². The van der Waals surface area contributed by atoms with E-state index in [1.54, 1.807) is 19.0 Å². The summed E-state index contributed by atoms with van der Waals surface area (Å²) < 4.78 is 11.8. The summed E-state index contributed by atoms with van der Waals surface area (Å²) in [5.41, 5.74) is 0.987. The maximum atomic E-state index is 11.6. The Balaban J connectivity index is 1.45. The first-order valence-corrected chi connectivity index (χ1v) is 8.14. The number of hydrogen-bond acceptors (Lipinski definition) is 5. The summed E-state index contributed by atoms with van der Waals surface area (Å²) in [6.07, 6.45) is 3.67. The summed E-state index contributed by atoms with van der Waals surface area (Å²) in [5.74, 6) is 0.0101. The SMILES string of the molecule is CN(C)C(=O)COC1CCOC2(C1)CN(Cc1ccccn1)C2. The molecule has 0 aliphatic carbocycles. The van der Waals surface area contributed by atoms with Crippen LogP contribution in [-0.4, -0.2) is 72.8 Å². The highest BCUT2D eigenvalue weighted by molar-refractivity contribution is 5.76. The maximum Gasteiger partial charge on any atom is 0.248 e. The fourth-order valence-corrected chi connectivity index (χ4v) is 3.26. The maximum absolute atomic E-state index is 11.6. The number of amides is 1. The minimum absolute atomic E-state index is 0.0101. The van der Waals surface area contributed by atoms with Crippen LogP contribution in [-0.2, 0) is 20.8 Å². The molecule has 0 N–H and O–H groups in total. The van der Waals surface area contributed by atoms with Crippen LogP contribution in [0, 0.1) is 0 Å². The van der Waals surface area contributed by atoms with Crippen molar-refractivity contribution in [3.63, 3.8) is 0 Å². The molecule has 2 saturated heterocycles. The minimum atomic E-state index is -0.0984. The molecular weight excluding hydrogens is 294 g/mol. The van der Waals surface area contributed by atoms with Crippen molar-refractivity contribution in [3.8, 4) is 0 Å². The van der Waals surface area contributed by atoms with Crippen LogP contribution in [0.15, 0.2) is 24.4 Å². The van der Waals surface area contributed by atoms with Gasteiger partial charge in [0.25, 0.3) is 0 Å². The molecular formula is C17H25N3O3. The van der Waals surface area contributed by atoms with Gasteiger partial charge in [-0.05, 0) is 18.6 Å². The number of carbonyl (C=O) groups excluding carboxylic acids is 1. The van der Waals surface area contributed by atoms with Gasteiger partial charge < -0.3 is 14.4 Å². The van der Waals surface area contributed by atoms with Crippen LogP contribution in [0.25, 0.3) is 0 Å². The van der Waals surface area contributed by atoms with E-state index in [9.17, 15) is 4.79 Å². The van der Waals surface area contributed by atoms with Crippen molar-refractivity contribution in [1.82, 2.24) is 14.8 Å². The second-order valence-corrected chi connectivity index (χ2v) is 6.71. The molecule has 2 fully saturated rings. The first-order chi connectivity index (χ1) is 11.1. The Morgan fingerprint density at radius 1 is 1.48 bits per heavy atom. The number of pyridine rings is 1. The van der Waals surface area contributed by atoms with Gasteiger partial charge in [0, 0.05) is 53.0 Å². The largest absolute Gasteiger partial charge is 0.372 e. The molecule has 3 heterocycles. The number of nitrogens with zero attached hydrogens (tertiary/aromatic N) is 3. The van der Waals surface area contributed by atoms with Gasteiger partial charge in [-0.15, -0.1) is 0 Å². The topological polar surface area (TPSA) is 54.9 Å². The van der Waals surface area contributed by atoms with E-state index in [1.807, 2.05) is 24.4 Å². The van der Waals surface area contributed by atoms with Gasteiger partial charge in [-0.25, -0.2) is 0 Å². The molecule has 1 amide bonds. The van der Waals surface area contributed by atoms with Crippen LogP contribution in [0.5, 0.6) is 0 Å². The van der Waals surface area contributed by atoms with E-state index < -0.39 is 0 Å². The number of likely N-dealkylation sites (N-methyl/N-ethyl adjacent to an activating group) is 1. The first kappa shape index (κ1) is 16.4. The normalized spacial score (nSPS) is 23.5. The molecule has 0 saturated carbocycles. The number of hydrogen-bond donors (Lipinski definition) is 0. The van der Waals surface area contributed by atoms with Crippen molar-refractivity contribution in [3.05, 3.63) is 30.1 Å². The molecule has 2 aliphatic rings. The highest BCUT2D eigenvalue weighted by Gasteiger charge is 2.47. The molecule has 126 valence electrons. The number of ether oxygens (including phenoxy) is 2. The summed E-state index contributed by atoms with van der Waals surface area (Å²) in [6, 6.07) is 5.99. The Hall–Kier alpha value is -1.50. The second-order valence-electron chi connectivity index (χ2n) is 6.71. The van der Waals surface area contributed by atoms with Crippen molar-refractivity contribution < 1.29 is 14.3 Å². The molecule has 1 unspecified atom stereocenters. The zero-order chi connectivity index (χ0) is 16.3. The standard InChI is InChI=1S/C17H25N3O3/c1-19(2)16(21)11-22-15-6-8-23-17(9-15)12-20(13-17)10-14-5-3-4-7-18-14/h3-5,7,15H,6,8-13H2,1-2H3. The van der Waals surface area contributed by atoms with Gasteiger partial charge in [-0.3, -0.25) is 14.7 Å². The lowest BCUT2D eigenvalue weighted by Gasteiger charge is -2.53. The van der Waals surface area contributed by atoms with Crippen molar-refractivity contribution in [1.29, 1.82) is 0 Å². The summed E-state index contributed by atoms with van der Waals surface area (Å²) in [5, 5.41) is 0. The molecule has 1 aromatic rings. The Kier molecular flexibility index (Phi) is 4.94. The molecule has 1 spiro atoms. The van der Waals surface area contributed by atoms with Gasteiger partial charge >= 0.3 is 0 Å². The quantitative estimate of drug-likeness (QED) is 0.808. The number of carbonyl (C=O) groups is 1. The number of aromatic nitrogens is 1. The fraction of sp³-hybridized carbons (Fsp3) is 0.647. The fourth-order valence-electron chi connectivity index (χ4n) is 3.26. The van der Waals surface area contributed by atoms with E-state index in [0.717, 1.165) is 38.2 Å². The second kappa shape index (κ2) is 6.95. The van der Waals surface area contributed by atoms with Crippen LogP contribution in [0.3, 0.4) is 0 Å². The Morgan fingerprint density at radius 3 is 3.00 bits per heavy atom. The average Bonchev–Trinajstić information content (AvgIpc) is 2.52. The Labute approximate surface area is 137 Å². The monoisotopic (exact) mass is 319 g/mol. The van der Waals surface area contributed by atoms with Gasteiger partial charge in [-0.1, -0.05) is 6.07 Å². The smallest absolute Gasteiger partial charge is 0.248 e. The average molecular weight is 319 g/mol. The van der Waals surface area contributed by atoms with Crippen molar-refractivity contribution in [2.75, 3.05) is 40.4 Å². The van der Waals surface area contributed by atoms with E-state index >= 15 is 0 Å². The van der Waals surface area contributed by atoms with Crippen LogP contribution in [0.4, 0.5) is 0 Å². The van der Waals surface area contributed by atoms with E-state index in [2.05, 4.69) is 9.88 Å². The molecule has 0 aromatic carbocycles. The zero-order valence-electron chi connectivity index (χ0n) is 13.9. The highest BCUT2D eigenvalue weighted by Crippen LogP contribution is 2.35. The molecule has 2 aliphatic heterocycles. The van der Waals surface area contributed by atoms with E-state index in [0.29, 0.717) is 6.61 Å². The molecule has 6 nitrogen and oxygen atoms in total. The Bertz CT molecular complexity index is 529. The van der Waals surface area contributed by atoms with Crippen LogP contribution >= 0.6 is 0 Å². The van der Waals surface area contributed by atoms with Gasteiger partial charge in [0.15, 0.2) is 0 Å². The zero-order valence-corrected chi connectivity index (χ0v) is 13.9.